The first-order chi connectivity index (χ1) is 9.33. The van der Waals surface area contributed by atoms with Gasteiger partial charge in [0, 0.05) is 24.8 Å². The van der Waals surface area contributed by atoms with Gasteiger partial charge in [-0.25, -0.2) is 0 Å². The van der Waals surface area contributed by atoms with Gasteiger partial charge in [0.2, 0.25) is 0 Å². The number of hydrogen-bond donors (Lipinski definition) is 1. The van der Waals surface area contributed by atoms with Crippen molar-refractivity contribution >= 4 is 12.2 Å². The van der Waals surface area contributed by atoms with Crippen LogP contribution in [0.2, 0.25) is 0 Å². The Morgan fingerprint density at radius 1 is 1.21 bits per heavy atom. The zero-order chi connectivity index (χ0) is 13.1. The molecule has 1 N–H and O–H groups in total. The van der Waals surface area contributed by atoms with E-state index < -0.39 is 0 Å². The highest BCUT2D eigenvalue weighted by molar-refractivity contribution is 7.71. The standard InChI is InChI=1S/C15H18N2OS/c19-15-10-14(13-6-8-18-9-7-13)16-17(15)11-12-4-2-1-3-5-12/h1-5,10,13,16H,6-9,11H2. The molecule has 1 aromatic carbocycles. The van der Waals surface area contributed by atoms with Crippen molar-refractivity contribution in [2.75, 3.05) is 13.2 Å². The number of rotatable bonds is 3. The number of nitrogens with one attached hydrogen (secondary N) is 1. The van der Waals surface area contributed by atoms with Crippen LogP contribution in [0.3, 0.4) is 0 Å². The second-order valence-electron chi connectivity index (χ2n) is 5.01. The summed E-state index contributed by atoms with van der Waals surface area (Å²) in [5, 5.41) is 3.46. The zero-order valence-corrected chi connectivity index (χ0v) is 11.7. The van der Waals surface area contributed by atoms with Crippen LogP contribution in [0.4, 0.5) is 0 Å². The molecule has 2 aromatic rings. The van der Waals surface area contributed by atoms with E-state index in [4.69, 9.17) is 17.0 Å². The molecule has 0 amide bonds. The Labute approximate surface area is 118 Å². The van der Waals surface area contributed by atoms with Gasteiger partial charge in [0.05, 0.1) is 6.54 Å². The van der Waals surface area contributed by atoms with Crippen LogP contribution in [0.25, 0.3) is 0 Å². The molecule has 3 nitrogen and oxygen atoms in total. The van der Waals surface area contributed by atoms with Gasteiger partial charge in [0.1, 0.15) is 4.64 Å². The van der Waals surface area contributed by atoms with Crippen LogP contribution in [0.5, 0.6) is 0 Å². The van der Waals surface area contributed by atoms with Crippen molar-refractivity contribution in [3.63, 3.8) is 0 Å². The van der Waals surface area contributed by atoms with Crippen LogP contribution in [-0.2, 0) is 11.3 Å². The summed E-state index contributed by atoms with van der Waals surface area (Å²) in [6.07, 6.45) is 2.17. The smallest absolute Gasteiger partial charge is 0.122 e. The van der Waals surface area contributed by atoms with E-state index in [-0.39, 0.29) is 0 Å². The topological polar surface area (TPSA) is 29.9 Å². The van der Waals surface area contributed by atoms with Gasteiger partial charge in [-0.3, -0.25) is 4.68 Å². The van der Waals surface area contributed by atoms with Crippen molar-refractivity contribution in [2.24, 2.45) is 0 Å². The summed E-state index contributed by atoms with van der Waals surface area (Å²) in [6.45, 7) is 2.52. The van der Waals surface area contributed by atoms with Crippen molar-refractivity contribution < 1.29 is 4.74 Å². The molecule has 1 fully saturated rings. The Kier molecular flexibility index (Phi) is 3.80. The number of H-pyrrole nitrogens is 1. The van der Waals surface area contributed by atoms with Crippen molar-refractivity contribution in [1.82, 2.24) is 9.78 Å². The van der Waals surface area contributed by atoms with Crippen molar-refractivity contribution in [2.45, 2.75) is 25.3 Å². The molecule has 4 heteroatoms. The van der Waals surface area contributed by atoms with Crippen LogP contribution in [-0.4, -0.2) is 23.0 Å². The third-order valence-corrected chi connectivity index (χ3v) is 3.99. The highest BCUT2D eigenvalue weighted by atomic mass is 32.1. The maximum Gasteiger partial charge on any atom is 0.122 e. The van der Waals surface area contributed by atoms with E-state index in [0.29, 0.717) is 5.92 Å². The summed E-state index contributed by atoms with van der Waals surface area (Å²) in [4.78, 5) is 0. The first kappa shape index (κ1) is 12.6. The number of aromatic amines is 1. The molecule has 0 atom stereocenters. The molecular weight excluding hydrogens is 256 g/mol. The molecule has 0 unspecified atom stereocenters. The van der Waals surface area contributed by atoms with E-state index in [1.54, 1.807) is 0 Å². The second kappa shape index (κ2) is 5.72. The fourth-order valence-electron chi connectivity index (χ4n) is 2.56. The summed E-state index contributed by atoms with van der Waals surface area (Å²) in [5.74, 6) is 0.562. The first-order valence-corrected chi connectivity index (χ1v) is 7.15. The first-order valence-electron chi connectivity index (χ1n) is 6.74. The van der Waals surface area contributed by atoms with Gasteiger partial charge >= 0.3 is 0 Å². The Balaban J connectivity index is 1.79. The molecule has 1 aliphatic heterocycles. The van der Waals surface area contributed by atoms with Gasteiger partial charge in [-0.05, 0) is 24.5 Å². The molecule has 1 aliphatic rings. The summed E-state index contributed by atoms with van der Waals surface area (Å²) < 4.78 is 8.34. The van der Waals surface area contributed by atoms with E-state index in [9.17, 15) is 0 Å². The largest absolute Gasteiger partial charge is 0.381 e. The Bertz CT molecular complexity index is 582. The number of ether oxygens (including phenoxy) is 1. The predicted octanol–water partition coefficient (Wildman–Crippen LogP) is 3.49. The highest BCUT2D eigenvalue weighted by Crippen LogP contribution is 2.25. The molecule has 0 spiro atoms. The minimum atomic E-state index is 0.562. The van der Waals surface area contributed by atoms with Gasteiger partial charge in [0.25, 0.3) is 0 Å². The second-order valence-corrected chi connectivity index (χ2v) is 5.43. The van der Waals surface area contributed by atoms with Crippen molar-refractivity contribution in [3.8, 4) is 0 Å². The van der Waals surface area contributed by atoms with E-state index in [2.05, 4.69) is 40.1 Å². The van der Waals surface area contributed by atoms with Crippen LogP contribution in [0.15, 0.2) is 36.4 Å². The van der Waals surface area contributed by atoms with Gasteiger partial charge in [-0.15, -0.1) is 0 Å². The molecule has 1 saturated heterocycles. The lowest BCUT2D eigenvalue weighted by Gasteiger charge is -2.20. The molecule has 2 heterocycles. The Morgan fingerprint density at radius 2 is 1.95 bits per heavy atom. The van der Waals surface area contributed by atoms with Crippen molar-refractivity contribution in [3.05, 3.63) is 52.3 Å². The average molecular weight is 274 g/mol. The predicted molar refractivity (Wildman–Crippen MR) is 78.0 cm³/mol. The molecule has 0 radical (unpaired) electrons. The SMILES string of the molecule is S=c1cc(C2CCOCC2)[nH]n1Cc1ccccc1. The van der Waals surface area contributed by atoms with Crippen LogP contribution in [0, 0.1) is 4.64 Å². The third kappa shape index (κ3) is 2.96. The van der Waals surface area contributed by atoms with Crippen LogP contribution < -0.4 is 0 Å². The van der Waals surface area contributed by atoms with Gasteiger partial charge in [-0.2, -0.15) is 0 Å². The number of benzene rings is 1. The fourth-order valence-corrected chi connectivity index (χ4v) is 2.79. The number of nitrogens with zero attached hydrogens (tertiary/aromatic N) is 1. The highest BCUT2D eigenvalue weighted by Gasteiger charge is 2.17. The number of hydrogen-bond acceptors (Lipinski definition) is 2. The normalized spacial score (nSPS) is 16.6. The molecule has 0 aliphatic carbocycles. The summed E-state index contributed by atoms with van der Waals surface area (Å²) >= 11 is 5.44. The molecule has 0 saturated carbocycles. The van der Waals surface area contributed by atoms with Gasteiger partial charge in [0.15, 0.2) is 0 Å². The lowest BCUT2D eigenvalue weighted by atomic mass is 9.97. The maximum absolute atomic E-state index is 5.44. The molecule has 0 bridgehead atoms. The third-order valence-electron chi connectivity index (χ3n) is 3.65. The summed E-state index contributed by atoms with van der Waals surface area (Å²) in [7, 11) is 0. The maximum atomic E-state index is 5.44. The van der Waals surface area contributed by atoms with Gasteiger partial charge in [-0.1, -0.05) is 42.5 Å². The quantitative estimate of drug-likeness (QED) is 0.868. The van der Waals surface area contributed by atoms with E-state index >= 15 is 0 Å². The lowest BCUT2D eigenvalue weighted by Crippen LogP contribution is -2.15. The van der Waals surface area contributed by atoms with Crippen LogP contribution in [0.1, 0.15) is 30.0 Å². The zero-order valence-electron chi connectivity index (χ0n) is 10.8. The van der Waals surface area contributed by atoms with Gasteiger partial charge < -0.3 is 9.84 Å². The molecule has 19 heavy (non-hydrogen) atoms. The molecule has 100 valence electrons. The van der Waals surface area contributed by atoms with Crippen LogP contribution >= 0.6 is 12.2 Å². The average Bonchev–Trinajstić information content (AvgIpc) is 2.82. The van der Waals surface area contributed by atoms with E-state index in [0.717, 1.165) is 37.2 Å². The van der Waals surface area contributed by atoms with E-state index in [1.807, 2.05) is 6.07 Å². The summed E-state index contributed by atoms with van der Waals surface area (Å²) in [5.41, 5.74) is 2.52. The molecule has 1 aromatic heterocycles. The Morgan fingerprint density at radius 3 is 2.68 bits per heavy atom. The number of aromatic nitrogens is 2. The summed E-state index contributed by atoms with van der Waals surface area (Å²) in [6, 6.07) is 12.5. The monoisotopic (exact) mass is 274 g/mol. The van der Waals surface area contributed by atoms with Crippen molar-refractivity contribution in [1.29, 1.82) is 0 Å². The molecule has 3 rings (SSSR count). The Hall–Kier alpha value is -1.39. The fraction of sp³-hybridized carbons (Fsp3) is 0.400. The minimum absolute atomic E-state index is 0.562. The van der Waals surface area contributed by atoms with E-state index in [1.165, 1.54) is 11.3 Å². The molecular formula is C15H18N2OS. The minimum Gasteiger partial charge on any atom is -0.381 e. The lowest BCUT2D eigenvalue weighted by molar-refractivity contribution is 0.0844.